The van der Waals surface area contributed by atoms with Gasteiger partial charge in [0, 0.05) is 10.9 Å². The number of aromatic amines is 1. The zero-order valence-corrected chi connectivity index (χ0v) is 11.0. The molecule has 0 saturated heterocycles. The van der Waals surface area contributed by atoms with Gasteiger partial charge in [-0.15, -0.1) is 11.3 Å². The molecule has 0 bridgehead atoms. The number of aromatic carboxylic acids is 1. The number of nitrogens with one attached hydrogen (secondary N) is 1. The van der Waals surface area contributed by atoms with Crippen LogP contribution in [0.3, 0.4) is 0 Å². The van der Waals surface area contributed by atoms with Crippen molar-refractivity contribution in [2.24, 2.45) is 0 Å². The summed E-state index contributed by atoms with van der Waals surface area (Å²) in [5.41, 5.74) is 2.10. The number of rotatable bonds is 2. The number of aromatic nitrogens is 3. The molecule has 0 aliphatic carbocycles. The van der Waals surface area contributed by atoms with Gasteiger partial charge in [-0.1, -0.05) is 6.07 Å². The molecular weight excluding hydrogens is 274 g/mol. The number of hydrogen-bond acceptors (Lipinski definition) is 3. The second kappa shape index (κ2) is 3.94. The highest BCUT2D eigenvalue weighted by Gasteiger charge is 2.10. The molecule has 0 spiro atoms. The lowest BCUT2D eigenvalue weighted by Gasteiger charge is -1.97. The fourth-order valence-corrected chi connectivity index (χ4v) is 3.04. The first-order valence-corrected chi connectivity index (χ1v) is 6.88. The number of benzene rings is 1. The van der Waals surface area contributed by atoms with Gasteiger partial charge in [-0.3, -0.25) is 0 Å². The highest BCUT2D eigenvalue weighted by Crippen LogP contribution is 2.25. The molecule has 5 nitrogen and oxygen atoms in total. The van der Waals surface area contributed by atoms with E-state index in [0.29, 0.717) is 0 Å². The Labute approximate surface area is 117 Å². The molecule has 20 heavy (non-hydrogen) atoms. The molecule has 2 N–H and O–H groups in total. The summed E-state index contributed by atoms with van der Waals surface area (Å²) in [6.07, 6.45) is 1.83. The molecule has 6 heteroatoms. The van der Waals surface area contributed by atoms with E-state index in [0.717, 1.165) is 26.9 Å². The Bertz CT molecular complexity index is 948. The van der Waals surface area contributed by atoms with Crippen molar-refractivity contribution in [3.05, 3.63) is 47.5 Å². The number of thiophene rings is 1. The van der Waals surface area contributed by atoms with Crippen molar-refractivity contribution in [3.8, 4) is 5.82 Å². The molecule has 0 amide bonds. The summed E-state index contributed by atoms with van der Waals surface area (Å²) in [7, 11) is 0. The fourth-order valence-electron chi connectivity index (χ4n) is 2.31. The van der Waals surface area contributed by atoms with Crippen molar-refractivity contribution in [1.82, 2.24) is 14.8 Å². The highest BCUT2D eigenvalue weighted by molar-refractivity contribution is 7.17. The molecule has 4 aromatic rings. The lowest BCUT2D eigenvalue weighted by atomic mass is 10.2. The summed E-state index contributed by atoms with van der Waals surface area (Å²) in [6, 6.07) is 9.01. The van der Waals surface area contributed by atoms with Gasteiger partial charge in [0.1, 0.15) is 5.82 Å². The number of nitrogens with zero attached hydrogens (tertiary/aromatic N) is 2. The largest absolute Gasteiger partial charge is 0.478 e. The molecule has 98 valence electrons. The molecule has 0 saturated carbocycles. The van der Waals surface area contributed by atoms with Crippen LogP contribution in [-0.4, -0.2) is 25.8 Å². The summed E-state index contributed by atoms with van der Waals surface area (Å²) in [4.78, 5) is 14.2. The highest BCUT2D eigenvalue weighted by atomic mass is 32.1. The first kappa shape index (κ1) is 11.2. The summed E-state index contributed by atoms with van der Waals surface area (Å²) in [5, 5.41) is 16.4. The Morgan fingerprint density at radius 3 is 3.05 bits per heavy atom. The van der Waals surface area contributed by atoms with Crippen LogP contribution in [0.25, 0.3) is 26.9 Å². The van der Waals surface area contributed by atoms with Crippen molar-refractivity contribution in [1.29, 1.82) is 0 Å². The van der Waals surface area contributed by atoms with Gasteiger partial charge in [-0.05, 0) is 29.6 Å². The van der Waals surface area contributed by atoms with E-state index in [-0.39, 0.29) is 5.56 Å². The van der Waals surface area contributed by atoms with E-state index in [2.05, 4.69) is 10.1 Å². The third-order valence-corrected chi connectivity index (χ3v) is 4.12. The van der Waals surface area contributed by atoms with E-state index in [4.69, 9.17) is 5.11 Å². The van der Waals surface area contributed by atoms with Crippen LogP contribution >= 0.6 is 11.3 Å². The molecule has 0 aliphatic rings. The molecule has 1 aromatic carbocycles. The molecule has 0 atom stereocenters. The van der Waals surface area contributed by atoms with E-state index < -0.39 is 5.97 Å². The lowest BCUT2D eigenvalue weighted by molar-refractivity contribution is 0.0697. The Balaban J connectivity index is 1.92. The molecule has 3 heterocycles. The molecule has 4 rings (SSSR count). The molecule has 0 unspecified atom stereocenters. The van der Waals surface area contributed by atoms with Crippen molar-refractivity contribution < 1.29 is 9.90 Å². The smallest absolute Gasteiger partial charge is 0.335 e. The predicted molar refractivity (Wildman–Crippen MR) is 77.8 cm³/mol. The van der Waals surface area contributed by atoms with Gasteiger partial charge >= 0.3 is 5.97 Å². The standard InChI is InChI=1S/C14H9N3O2S/c18-14(19)9-2-1-8-6-13(16-10(8)5-9)17-11-3-4-20-12(11)7-15-17/h1-7,16H,(H,18,19). The minimum absolute atomic E-state index is 0.270. The van der Waals surface area contributed by atoms with E-state index in [1.165, 1.54) is 0 Å². The first-order chi connectivity index (χ1) is 9.72. The average molecular weight is 283 g/mol. The maximum Gasteiger partial charge on any atom is 0.335 e. The zero-order valence-electron chi connectivity index (χ0n) is 10.2. The summed E-state index contributed by atoms with van der Waals surface area (Å²) in [6.45, 7) is 0. The van der Waals surface area contributed by atoms with Crippen molar-refractivity contribution in [2.45, 2.75) is 0 Å². The van der Waals surface area contributed by atoms with Gasteiger partial charge in [0.25, 0.3) is 0 Å². The Hall–Kier alpha value is -2.60. The molecule has 0 radical (unpaired) electrons. The third kappa shape index (κ3) is 1.55. The van der Waals surface area contributed by atoms with Crippen molar-refractivity contribution >= 4 is 38.4 Å². The number of H-pyrrole nitrogens is 1. The maximum absolute atomic E-state index is 11.0. The summed E-state index contributed by atoms with van der Waals surface area (Å²) < 4.78 is 2.95. The number of carboxylic acids is 1. The number of carbonyl (C=O) groups is 1. The number of fused-ring (bicyclic) bond motifs is 2. The minimum Gasteiger partial charge on any atom is -0.478 e. The predicted octanol–water partition coefficient (Wildman–Crippen LogP) is 3.27. The van der Waals surface area contributed by atoms with E-state index >= 15 is 0 Å². The topological polar surface area (TPSA) is 70.9 Å². The van der Waals surface area contributed by atoms with Gasteiger partial charge < -0.3 is 10.1 Å². The van der Waals surface area contributed by atoms with E-state index in [1.807, 2.05) is 28.4 Å². The van der Waals surface area contributed by atoms with Crippen LogP contribution in [0.4, 0.5) is 0 Å². The minimum atomic E-state index is -0.928. The van der Waals surface area contributed by atoms with Crippen LogP contribution in [0.1, 0.15) is 10.4 Å². The third-order valence-electron chi connectivity index (χ3n) is 3.28. The van der Waals surface area contributed by atoms with Gasteiger partial charge in [0.05, 0.1) is 22.0 Å². The first-order valence-electron chi connectivity index (χ1n) is 6.00. The summed E-state index contributed by atoms with van der Waals surface area (Å²) >= 11 is 1.64. The normalized spacial score (nSPS) is 11.4. The van der Waals surface area contributed by atoms with Crippen LogP contribution in [0.5, 0.6) is 0 Å². The number of hydrogen-bond donors (Lipinski definition) is 2. The van der Waals surface area contributed by atoms with Crippen LogP contribution in [0, 0.1) is 0 Å². The number of carboxylic acid groups (broad SMARTS) is 1. The quantitative estimate of drug-likeness (QED) is 0.593. The van der Waals surface area contributed by atoms with Crippen LogP contribution in [0.2, 0.25) is 0 Å². The fraction of sp³-hybridized carbons (Fsp3) is 0. The van der Waals surface area contributed by atoms with Crippen molar-refractivity contribution in [3.63, 3.8) is 0 Å². The van der Waals surface area contributed by atoms with Gasteiger partial charge in [-0.25, -0.2) is 9.48 Å². The Morgan fingerprint density at radius 2 is 2.20 bits per heavy atom. The summed E-state index contributed by atoms with van der Waals surface area (Å²) in [5.74, 6) is -0.0988. The zero-order chi connectivity index (χ0) is 13.7. The molecule has 0 aliphatic heterocycles. The van der Waals surface area contributed by atoms with E-state index in [1.54, 1.807) is 29.5 Å². The molecule has 3 aromatic heterocycles. The lowest BCUT2D eigenvalue weighted by Crippen LogP contribution is -1.95. The van der Waals surface area contributed by atoms with Crippen LogP contribution < -0.4 is 0 Å². The van der Waals surface area contributed by atoms with Gasteiger partial charge in [-0.2, -0.15) is 5.10 Å². The van der Waals surface area contributed by atoms with Crippen molar-refractivity contribution in [2.75, 3.05) is 0 Å². The second-order valence-corrected chi connectivity index (χ2v) is 5.44. The molecular formula is C14H9N3O2S. The van der Waals surface area contributed by atoms with Gasteiger partial charge in [0.2, 0.25) is 0 Å². The maximum atomic E-state index is 11.0. The second-order valence-electron chi connectivity index (χ2n) is 4.49. The molecule has 0 fully saturated rings. The van der Waals surface area contributed by atoms with Gasteiger partial charge in [0.15, 0.2) is 0 Å². The Morgan fingerprint density at radius 1 is 1.30 bits per heavy atom. The van der Waals surface area contributed by atoms with Crippen LogP contribution in [0.15, 0.2) is 41.9 Å². The van der Waals surface area contributed by atoms with Crippen LogP contribution in [-0.2, 0) is 0 Å². The Kier molecular flexibility index (Phi) is 2.22. The monoisotopic (exact) mass is 283 g/mol. The van der Waals surface area contributed by atoms with E-state index in [9.17, 15) is 4.79 Å². The average Bonchev–Trinajstić information content (AvgIpc) is 3.11. The SMILES string of the molecule is O=C(O)c1ccc2cc(-n3ncc4sccc43)[nH]c2c1.